The minimum Gasteiger partial charge on any atom is -0.369 e. The maximum atomic E-state index is 12.9. The van der Waals surface area contributed by atoms with Crippen molar-refractivity contribution in [2.45, 2.75) is 25.3 Å². The summed E-state index contributed by atoms with van der Waals surface area (Å²) < 4.78 is 0. The molecule has 3 amide bonds. The number of carbonyl (C=O) groups excluding carboxylic acids is 3. The molecule has 7 nitrogen and oxygen atoms in total. The summed E-state index contributed by atoms with van der Waals surface area (Å²) in [7, 11) is 0. The number of hydrogen-bond acceptors (Lipinski definition) is 5. The van der Waals surface area contributed by atoms with Crippen molar-refractivity contribution in [3.8, 4) is 0 Å². The molecule has 1 aromatic carbocycles. The Labute approximate surface area is 146 Å². The summed E-state index contributed by atoms with van der Waals surface area (Å²) in [5.41, 5.74) is 2.88. The van der Waals surface area contributed by atoms with E-state index in [1.165, 1.54) is 0 Å². The minimum atomic E-state index is -0.536. The highest BCUT2D eigenvalue weighted by molar-refractivity contribution is 6.04. The second-order valence-corrected chi connectivity index (χ2v) is 6.79. The Balaban J connectivity index is 1.54. The predicted molar refractivity (Wildman–Crippen MR) is 92.4 cm³/mol. The molecule has 3 aliphatic rings. The molecule has 3 heterocycles. The first-order valence-electron chi connectivity index (χ1n) is 8.87. The van der Waals surface area contributed by atoms with Crippen molar-refractivity contribution >= 4 is 23.4 Å². The Morgan fingerprint density at radius 3 is 2.56 bits per heavy atom. The zero-order valence-corrected chi connectivity index (χ0v) is 14.1. The summed E-state index contributed by atoms with van der Waals surface area (Å²) in [6, 6.07) is 5.45. The number of piperidine rings is 1. The van der Waals surface area contributed by atoms with Crippen molar-refractivity contribution in [3.63, 3.8) is 0 Å². The van der Waals surface area contributed by atoms with Crippen LogP contribution in [0.15, 0.2) is 18.2 Å². The van der Waals surface area contributed by atoms with Crippen LogP contribution in [0.4, 0.5) is 5.69 Å². The Bertz CT molecular complexity index is 727. The summed E-state index contributed by atoms with van der Waals surface area (Å²) in [6.45, 7) is 4.39. The molecule has 0 radical (unpaired) electrons. The third-order valence-corrected chi connectivity index (χ3v) is 5.27. The predicted octanol–water partition coefficient (Wildman–Crippen LogP) is -0.100. The zero-order valence-electron chi connectivity index (χ0n) is 14.1. The first-order chi connectivity index (χ1) is 12.1. The van der Waals surface area contributed by atoms with Gasteiger partial charge in [0.05, 0.1) is 0 Å². The van der Waals surface area contributed by atoms with Crippen molar-refractivity contribution in [1.82, 2.24) is 15.5 Å². The maximum absolute atomic E-state index is 12.9. The van der Waals surface area contributed by atoms with Crippen LogP contribution < -0.4 is 15.5 Å². The number of nitrogens with one attached hydrogen (secondary N) is 2. The number of anilines is 1. The molecule has 0 spiro atoms. The summed E-state index contributed by atoms with van der Waals surface area (Å²) in [5.74, 6) is -0.722. The van der Waals surface area contributed by atoms with Gasteiger partial charge in [-0.3, -0.25) is 19.7 Å². The molecule has 0 aromatic heterocycles. The molecule has 0 bridgehead atoms. The van der Waals surface area contributed by atoms with Crippen LogP contribution in [0.3, 0.4) is 0 Å². The first kappa shape index (κ1) is 16.1. The fraction of sp³-hybridized carbons (Fsp3) is 0.500. The molecule has 0 saturated carbocycles. The molecule has 7 heteroatoms. The SMILES string of the molecule is O=C1CCC(N2CCc3cc(N4CCNCC4)ccc3C2=O)C(=O)N1. The number of imide groups is 1. The quantitative estimate of drug-likeness (QED) is 0.734. The monoisotopic (exact) mass is 342 g/mol. The van der Waals surface area contributed by atoms with Crippen LogP contribution in [-0.2, 0) is 16.0 Å². The lowest BCUT2D eigenvalue weighted by molar-refractivity contribution is -0.136. The molecule has 4 rings (SSSR count). The van der Waals surface area contributed by atoms with Crippen LogP contribution in [-0.4, -0.2) is 61.4 Å². The van der Waals surface area contributed by atoms with Gasteiger partial charge in [-0.1, -0.05) is 0 Å². The second-order valence-electron chi connectivity index (χ2n) is 6.79. The summed E-state index contributed by atoms with van der Waals surface area (Å²) in [4.78, 5) is 40.2. The van der Waals surface area contributed by atoms with Crippen molar-refractivity contribution in [1.29, 1.82) is 0 Å². The number of rotatable bonds is 2. The zero-order chi connectivity index (χ0) is 17.4. The molecular formula is C18H22N4O3. The molecule has 132 valence electrons. The van der Waals surface area contributed by atoms with E-state index in [-0.39, 0.29) is 24.1 Å². The van der Waals surface area contributed by atoms with Crippen molar-refractivity contribution in [3.05, 3.63) is 29.3 Å². The van der Waals surface area contributed by atoms with E-state index in [2.05, 4.69) is 21.6 Å². The van der Waals surface area contributed by atoms with Gasteiger partial charge in [-0.15, -0.1) is 0 Å². The maximum Gasteiger partial charge on any atom is 0.254 e. The van der Waals surface area contributed by atoms with Gasteiger partial charge in [0.2, 0.25) is 11.8 Å². The Morgan fingerprint density at radius 1 is 1.00 bits per heavy atom. The Kier molecular flexibility index (Phi) is 4.17. The van der Waals surface area contributed by atoms with E-state index < -0.39 is 6.04 Å². The lowest BCUT2D eigenvalue weighted by atomic mass is 9.94. The molecule has 0 aliphatic carbocycles. The number of piperazine rings is 1. The highest BCUT2D eigenvalue weighted by Crippen LogP contribution is 2.27. The van der Waals surface area contributed by atoms with Gasteiger partial charge in [-0.05, 0) is 36.6 Å². The molecular weight excluding hydrogens is 320 g/mol. The molecule has 1 aromatic rings. The molecule has 1 atom stereocenters. The van der Waals surface area contributed by atoms with E-state index in [4.69, 9.17) is 0 Å². The van der Waals surface area contributed by atoms with E-state index >= 15 is 0 Å². The van der Waals surface area contributed by atoms with E-state index in [1.807, 2.05) is 12.1 Å². The average molecular weight is 342 g/mol. The standard InChI is InChI=1S/C18H22N4O3/c23-16-4-3-15(17(24)20-16)22-8-5-12-11-13(1-2-14(12)18(22)25)21-9-6-19-7-10-21/h1-2,11,15,19H,3-10H2,(H,20,23,24). The fourth-order valence-electron chi connectivity index (χ4n) is 3.89. The number of carbonyl (C=O) groups is 3. The van der Waals surface area contributed by atoms with Crippen LogP contribution in [0.5, 0.6) is 0 Å². The molecule has 25 heavy (non-hydrogen) atoms. The minimum absolute atomic E-state index is 0.109. The highest BCUT2D eigenvalue weighted by atomic mass is 16.2. The number of amides is 3. The van der Waals surface area contributed by atoms with Gasteiger partial charge in [0.1, 0.15) is 6.04 Å². The van der Waals surface area contributed by atoms with Crippen molar-refractivity contribution < 1.29 is 14.4 Å². The number of nitrogens with zero attached hydrogens (tertiary/aromatic N) is 2. The Morgan fingerprint density at radius 2 is 1.80 bits per heavy atom. The number of hydrogen-bond donors (Lipinski definition) is 2. The summed E-state index contributed by atoms with van der Waals surface area (Å²) >= 11 is 0. The van der Waals surface area contributed by atoms with E-state index in [1.54, 1.807) is 4.90 Å². The lowest BCUT2D eigenvalue weighted by Gasteiger charge is -2.37. The van der Waals surface area contributed by atoms with Gasteiger partial charge in [-0.25, -0.2) is 0 Å². The first-order valence-corrected chi connectivity index (χ1v) is 8.87. The van der Waals surface area contributed by atoms with Crippen LogP contribution in [0.1, 0.15) is 28.8 Å². The van der Waals surface area contributed by atoms with Gasteiger partial charge in [-0.2, -0.15) is 0 Å². The second kappa shape index (κ2) is 6.48. The van der Waals surface area contributed by atoms with Crippen LogP contribution in [0.25, 0.3) is 0 Å². The van der Waals surface area contributed by atoms with Crippen LogP contribution in [0.2, 0.25) is 0 Å². The highest BCUT2D eigenvalue weighted by Gasteiger charge is 2.37. The topological polar surface area (TPSA) is 81.8 Å². The third kappa shape index (κ3) is 3.00. The lowest BCUT2D eigenvalue weighted by Crippen LogP contribution is -2.56. The fourth-order valence-corrected chi connectivity index (χ4v) is 3.89. The van der Waals surface area contributed by atoms with Crippen molar-refractivity contribution in [2.24, 2.45) is 0 Å². The normalized spacial score (nSPS) is 24.2. The average Bonchev–Trinajstić information content (AvgIpc) is 2.63. The third-order valence-electron chi connectivity index (χ3n) is 5.27. The van der Waals surface area contributed by atoms with Gasteiger partial charge in [0.25, 0.3) is 5.91 Å². The molecule has 2 saturated heterocycles. The van der Waals surface area contributed by atoms with Gasteiger partial charge in [0, 0.05) is 50.4 Å². The van der Waals surface area contributed by atoms with Gasteiger partial charge in [0.15, 0.2) is 0 Å². The smallest absolute Gasteiger partial charge is 0.254 e. The van der Waals surface area contributed by atoms with E-state index in [9.17, 15) is 14.4 Å². The van der Waals surface area contributed by atoms with Crippen LogP contribution >= 0.6 is 0 Å². The molecule has 3 aliphatic heterocycles. The van der Waals surface area contributed by atoms with E-state index in [0.29, 0.717) is 18.5 Å². The van der Waals surface area contributed by atoms with Gasteiger partial charge < -0.3 is 15.1 Å². The Hall–Kier alpha value is -2.41. The number of fused-ring (bicyclic) bond motifs is 1. The van der Waals surface area contributed by atoms with E-state index in [0.717, 1.165) is 43.9 Å². The van der Waals surface area contributed by atoms with Crippen molar-refractivity contribution in [2.75, 3.05) is 37.6 Å². The molecule has 1 unspecified atom stereocenters. The largest absolute Gasteiger partial charge is 0.369 e. The van der Waals surface area contributed by atoms with Gasteiger partial charge >= 0.3 is 0 Å². The van der Waals surface area contributed by atoms with Crippen LogP contribution in [0, 0.1) is 0 Å². The summed E-state index contributed by atoms with van der Waals surface area (Å²) in [5, 5.41) is 5.68. The summed E-state index contributed by atoms with van der Waals surface area (Å²) in [6.07, 6.45) is 1.43. The number of benzene rings is 1. The molecule has 2 N–H and O–H groups in total. The molecule has 2 fully saturated rings.